The Morgan fingerprint density at radius 3 is 2.35 bits per heavy atom. The van der Waals surface area contributed by atoms with Crippen molar-refractivity contribution in [1.29, 1.82) is 0 Å². The van der Waals surface area contributed by atoms with Gasteiger partial charge >= 0.3 is 0 Å². The zero-order chi connectivity index (χ0) is 16.8. The molecule has 1 spiro atoms. The maximum atomic E-state index is 5.09. The van der Waals surface area contributed by atoms with E-state index in [1.54, 1.807) is 0 Å². The third-order valence-corrected chi connectivity index (χ3v) is 5.63. The van der Waals surface area contributed by atoms with Gasteiger partial charge in [-0.2, -0.15) is 0 Å². The van der Waals surface area contributed by atoms with Gasteiger partial charge in [0.15, 0.2) is 0 Å². The highest BCUT2D eigenvalue weighted by Crippen LogP contribution is 2.42. The Kier molecular flexibility index (Phi) is 4.58. The Labute approximate surface area is 141 Å². The fraction of sp³-hybridized carbons (Fsp3) is 0.842. The van der Waals surface area contributed by atoms with Gasteiger partial charge < -0.3 is 9.47 Å². The first kappa shape index (κ1) is 17.0. The van der Waals surface area contributed by atoms with Gasteiger partial charge in [-0.05, 0) is 59.7 Å². The first-order valence-electron chi connectivity index (χ1n) is 9.31. The molecule has 2 aliphatic heterocycles. The summed E-state index contributed by atoms with van der Waals surface area (Å²) in [6.45, 7) is 17.3. The van der Waals surface area contributed by atoms with E-state index in [1.807, 2.05) is 0 Å². The second kappa shape index (κ2) is 6.21. The fourth-order valence-corrected chi connectivity index (χ4v) is 4.83. The van der Waals surface area contributed by atoms with E-state index in [0.29, 0.717) is 6.04 Å². The molecule has 0 aliphatic carbocycles. The molecular formula is C19H34N4. The Morgan fingerprint density at radius 2 is 1.78 bits per heavy atom. The third-order valence-electron chi connectivity index (χ3n) is 5.63. The van der Waals surface area contributed by atoms with E-state index < -0.39 is 0 Å². The normalized spacial score (nSPS) is 22.3. The highest BCUT2D eigenvalue weighted by molar-refractivity contribution is 5.31. The average Bonchev–Trinajstić information content (AvgIpc) is 2.78. The smallest absolute Gasteiger partial charge is 0.106 e. The Bertz CT molecular complexity index is 550. The largest absolute Gasteiger partial charge is 0.328 e. The number of hydrogen-bond donors (Lipinski definition) is 0. The molecule has 0 saturated carbocycles. The maximum absolute atomic E-state index is 5.09. The van der Waals surface area contributed by atoms with Crippen molar-refractivity contribution in [2.24, 2.45) is 5.92 Å². The fourth-order valence-electron chi connectivity index (χ4n) is 4.83. The van der Waals surface area contributed by atoms with Crippen LogP contribution in [-0.2, 0) is 12.0 Å². The van der Waals surface area contributed by atoms with Crippen LogP contribution in [0.4, 0.5) is 0 Å². The lowest BCUT2D eigenvalue weighted by molar-refractivity contribution is 0.0992. The van der Waals surface area contributed by atoms with Crippen molar-refractivity contribution in [2.45, 2.75) is 65.5 Å². The van der Waals surface area contributed by atoms with E-state index >= 15 is 0 Å². The number of piperidine rings is 1. The molecule has 2 aliphatic rings. The van der Waals surface area contributed by atoms with E-state index in [-0.39, 0.29) is 5.41 Å². The molecule has 0 bridgehead atoms. The third kappa shape index (κ3) is 3.08. The average molecular weight is 319 g/mol. The number of fused-ring (bicyclic) bond motifs is 2. The zero-order valence-corrected chi connectivity index (χ0v) is 15.9. The second-order valence-electron chi connectivity index (χ2n) is 8.57. The van der Waals surface area contributed by atoms with Crippen molar-refractivity contribution in [3.05, 3.63) is 17.2 Å². The zero-order valence-electron chi connectivity index (χ0n) is 15.9. The topological polar surface area (TPSA) is 24.3 Å². The number of rotatable bonds is 3. The van der Waals surface area contributed by atoms with Crippen molar-refractivity contribution < 1.29 is 0 Å². The second-order valence-corrected chi connectivity index (χ2v) is 8.57. The summed E-state index contributed by atoms with van der Waals surface area (Å²) in [5.74, 6) is 1.96. The number of imidazole rings is 1. The van der Waals surface area contributed by atoms with Gasteiger partial charge in [-0.25, -0.2) is 4.98 Å². The van der Waals surface area contributed by atoms with Crippen molar-refractivity contribution >= 4 is 0 Å². The van der Waals surface area contributed by atoms with E-state index in [9.17, 15) is 0 Å². The van der Waals surface area contributed by atoms with Crippen LogP contribution >= 0.6 is 0 Å². The standard InChI is InChI=1S/C19H34N4/c1-14(2)11-22-9-7-19(8-10-22)13-21(6)12-17-18(19)20-16(5)23(17)15(3)4/h14-15H,7-13H2,1-6H3. The lowest BCUT2D eigenvalue weighted by Crippen LogP contribution is -2.51. The molecule has 3 heterocycles. The van der Waals surface area contributed by atoms with Crippen LogP contribution in [0.15, 0.2) is 0 Å². The van der Waals surface area contributed by atoms with Crippen molar-refractivity contribution in [2.75, 3.05) is 33.2 Å². The molecule has 0 unspecified atom stereocenters. The predicted octanol–water partition coefficient (Wildman–Crippen LogP) is 3.21. The molecule has 1 aromatic rings. The molecule has 0 aromatic carbocycles. The lowest BCUT2D eigenvalue weighted by Gasteiger charge is -2.46. The molecule has 0 N–H and O–H groups in total. The summed E-state index contributed by atoms with van der Waals surface area (Å²) < 4.78 is 2.47. The van der Waals surface area contributed by atoms with Crippen molar-refractivity contribution in [3.63, 3.8) is 0 Å². The van der Waals surface area contributed by atoms with Gasteiger partial charge in [0.1, 0.15) is 5.82 Å². The minimum atomic E-state index is 0.278. The summed E-state index contributed by atoms with van der Waals surface area (Å²) in [4.78, 5) is 10.3. The summed E-state index contributed by atoms with van der Waals surface area (Å²) in [5, 5.41) is 0. The van der Waals surface area contributed by atoms with Crippen LogP contribution in [0.25, 0.3) is 0 Å². The molecule has 3 rings (SSSR count). The van der Waals surface area contributed by atoms with Gasteiger partial charge in [-0.1, -0.05) is 13.8 Å². The Hall–Kier alpha value is -0.870. The predicted molar refractivity (Wildman–Crippen MR) is 95.9 cm³/mol. The molecule has 23 heavy (non-hydrogen) atoms. The summed E-state index contributed by atoms with van der Waals surface area (Å²) >= 11 is 0. The number of aromatic nitrogens is 2. The van der Waals surface area contributed by atoms with Gasteiger partial charge in [0, 0.05) is 31.1 Å². The highest BCUT2D eigenvalue weighted by Gasteiger charge is 2.44. The molecule has 0 radical (unpaired) electrons. The summed E-state index contributed by atoms with van der Waals surface area (Å²) in [5.41, 5.74) is 3.18. The molecule has 0 amide bonds. The molecule has 4 heteroatoms. The van der Waals surface area contributed by atoms with E-state index in [2.05, 4.69) is 56.0 Å². The van der Waals surface area contributed by atoms with Gasteiger partial charge in [0.05, 0.1) is 11.4 Å². The van der Waals surface area contributed by atoms with Crippen molar-refractivity contribution in [1.82, 2.24) is 19.4 Å². The minimum absolute atomic E-state index is 0.278. The van der Waals surface area contributed by atoms with E-state index in [0.717, 1.165) is 12.5 Å². The van der Waals surface area contributed by atoms with Crippen LogP contribution in [0.1, 0.15) is 63.8 Å². The molecule has 1 aromatic heterocycles. The summed E-state index contributed by atoms with van der Waals surface area (Å²) in [7, 11) is 2.28. The van der Waals surface area contributed by atoms with Crippen molar-refractivity contribution in [3.8, 4) is 0 Å². The SMILES string of the molecule is Cc1nc2c(n1C(C)C)CN(C)CC21CCN(CC(C)C)CC1. The number of likely N-dealkylation sites (tertiary alicyclic amines) is 1. The molecular weight excluding hydrogens is 284 g/mol. The number of likely N-dealkylation sites (N-methyl/N-ethyl adjacent to an activating group) is 1. The molecule has 0 atom stereocenters. The minimum Gasteiger partial charge on any atom is -0.328 e. The van der Waals surface area contributed by atoms with Gasteiger partial charge in [-0.15, -0.1) is 0 Å². The van der Waals surface area contributed by atoms with Gasteiger partial charge in [-0.3, -0.25) is 4.90 Å². The Balaban J connectivity index is 1.90. The lowest BCUT2D eigenvalue weighted by atomic mass is 9.72. The van der Waals surface area contributed by atoms with Crippen LogP contribution in [0.3, 0.4) is 0 Å². The van der Waals surface area contributed by atoms with E-state index in [4.69, 9.17) is 4.98 Å². The molecule has 130 valence electrons. The first-order valence-corrected chi connectivity index (χ1v) is 9.31. The van der Waals surface area contributed by atoms with Crippen LogP contribution in [-0.4, -0.2) is 52.6 Å². The monoisotopic (exact) mass is 318 g/mol. The van der Waals surface area contributed by atoms with E-state index in [1.165, 1.54) is 56.2 Å². The molecule has 1 fully saturated rings. The summed E-state index contributed by atoms with van der Waals surface area (Å²) in [6, 6.07) is 0.496. The highest BCUT2D eigenvalue weighted by atomic mass is 15.2. The number of nitrogens with zero attached hydrogens (tertiary/aromatic N) is 4. The molecule has 4 nitrogen and oxygen atoms in total. The maximum Gasteiger partial charge on any atom is 0.106 e. The first-order chi connectivity index (χ1) is 10.8. The van der Waals surface area contributed by atoms with Crippen LogP contribution in [0, 0.1) is 12.8 Å². The van der Waals surface area contributed by atoms with Crippen LogP contribution in [0.5, 0.6) is 0 Å². The quantitative estimate of drug-likeness (QED) is 0.855. The van der Waals surface area contributed by atoms with Crippen LogP contribution < -0.4 is 0 Å². The van der Waals surface area contributed by atoms with Gasteiger partial charge in [0.2, 0.25) is 0 Å². The summed E-state index contributed by atoms with van der Waals surface area (Å²) in [6.07, 6.45) is 2.51. The number of aryl methyl sites for hydroxylation is 1. The Morgan fingerprint density at radius 1 is 1.13 bits per heavy atom. The molecule has 1 saturated heterocycles. The number of hydrogen-bond acceptors (Lipinski definition) is 3. The van der Waals surface area contributed by atoms with Gasteiger partial charge in [0.25, 0.3) is 0 Å². The van der Waals surface area contributed by atoms with Crippen LogP contribution in [0.2, 0.25) is 0 Å².